The van der Waals surface area contributed by atoms with Crippen LogP contribution in [0.1, 0.15) is 64.4 Å². The van der Waals surface area contributed by atoms with Crippen molar-refractivity contribution < 1.29 is 9.59 Å². The lowest BCUT2D eigenvalue weighted by atomic mass is 9.88. The van der Waals surface area contributed by atoms with Crippen LogP contribution in [-0.2, 0) is 16.1 Å². The predicted molar refractivity (Wildman–Crippen MR) is 116 cm³/mol. The zero-order chi connectivity index (χ0) is 20.6. The molecule has 3 rings (SSSR count). The quantitative estimate of drug-likeness (QED) is 0.762. The number of rotatable bonds is 7. The second-order valence-electron chi connectivity index (χ2n) is 8.99. The number of carbonyl (C=O) groups excluding carboxylic acids is 2. The van der Waals surface area contributed by atoms with Crippen molar-refractivity contribution in [3.8, 4) is 0 Å². The van der Waals surface area contributed by atoms with Crippen molar-refractivity contribution in [2.45, 2.75) is 77.4 Å². The molecule has 0 unspecified atom stereocenters. The SMILES string of the molecule is CC(C)N(Cc1ccccc1)C(=O)CN1CCC(NC(=O)C2CCCCC2)CC1. The van der Waals surface area contributed by atoms with Gasteiger partial charge in [0.15, 0.2) is 0 Å². The van der Waals surface area contributed by atoms with Gasteiger partial charge < -0.3 is 10.2 Å². The molecule has 1 aromatic rings. The van der Waals surface area contributed by atoms with Gasteiger partial charge in [0.2, 0.25) is 11.8 Å². The zero-order valence-corrected chi connectivity index (χ0v) is 18.1. The van der Waals surface area contributed by atoms with Crippen LogP contribution in [0, 0.1) is 5.92 Å². The minimum Gasteiger partial charge on any atom is -0.353 e. The van der Waals surface area contributed by atoms with Crippen LogP contribution in [0.25, 0.3) is 0 Å². The number of amides is 2. The molecular weight excluding hydrogens is 362 g/mol. The lowest BCUT2D eigenvalue weighted by molar-refractivity contribution is -0.135. The standard InChI is InChI=1S/C24H37N3O2/c1-19(2)27(17-20-9-5-3-6-10-20)23(28)18-26-15-13-22(14-16-26)25-24(29)21-11-7-4-8-12-21/h3,5-6,9-10,19,21-22H,4,7-8,11-18H2,1-2H3,(H,25,29). The Kier molecular flexibility index (Phi) is 8.10. The topological polar surface area (TPSA) is 52.7 Å². The Morgan fingerprint density at radius 3 is 2.31 bits per heavy atom. The van der Waals surface area contributed by atoms with E-state index in [0.717, 1.165) is 38.8 Å². The van der Waals surface area contributed by atoms with Crippen LogP contribution < -0.4 is 5.32 Å². The lowest BCUT2D eigenvalue weighted by Crippen LogP contribution is -2.49. The van der Waals surface area contributed by atoms with E-state index in [9.17, 15) is 9.59 Å². The molecule has 0 bridgehead atoms. The second kappa shape index (κ2) is 10.8. The van der Waals surface area contributed by atoms with E-state index in [-0.39, 0.29) is 29.8 Å². The summed E-state index contributed by atoms with van der Waals surface area (Å²) in [7, 11) is 0. The van der Waals surface area contributed by atoms with Gasteiger partial charge in [0.25, 0.3) is 0 Å². The van der Waals surface area contributed by atoms with Crippen LogP contribution in [-0.4, -0.2) is 53.3 Å². The third-order valence-electron chi connectivity index (χ3n) is 6.41. The summed E-state index contributed by atoms with van der Waals surface area (Å²) < 4.78 is 0. The van der Waals surface area contributed by atoms with Crippen molar-refractivity contribution in [2.75, 3.05) is 19.6 Å². The highest BCUT2D eigenvalue weighted by molar-refractivity contribution is 5.79. The molecular formula is C24H37N3O2. The fraction of sp³-hybridized carbons (Fsp3) is 0.667. The van der Waals surface area contributed by atoms with Gasteiger partial charge in [-0.25, -0.2) is 0 Å². The smallest absolute Gasteiger partial charge is 0.237 e. The summed E-state index contributed by atoms with van der Waals surface area (Å²) >= 11 is 0. The molecule has 160 valence electrons. The van der Waals surface area contributed by atoms with E-state index in [2.05, 4.69) is 36.2 Å². The summed E-state index contributed by atoms with van der Waals surface area (Å²) in [6.07, 6.45) is 7.62. The number of carbonyl (C=O) groups is 2. The number of nitrogens with zero attached hydrogens (tertiary/aromatic N) is 2. The molecule has 2 fully saturated rings. The molecule has 0 atom stereocenters. The molecule has 1 saturated heterocycles. The highest BCUT2D eigenvalue weighted by Gasteiger charge is 2.27. The highest BCUT2D eigenvalue weighted by atomic mass is 16.2. The third-order valence-corrected chi connectivity index (χ3v) is 6.41. The van der Waals surface area contributed by atoms with E-state index in [1.807, 2.05) is 23.1 Å². The van der Waals surface area contributed by atoms with Gasteiger partial charge in [0.05, 0.1) is 6.54 Å². The maximum Gasteiger partial charge on any atom is 0.237 e. The van der Waals surface area contributed by atoms with E-state index in [1.54, 1.807) is 0 Å². The molecule has 1 aliphatic heterocycles. The average Bonchev–Trinajstić information content (AvgIpc) is 2.74. The van der Waals surface area contributed by atoms with Crippen LogP contribution in [0.15, 0.2) is 30.3 Å². The second-order valence-corrected chi connectivity index (χ2v) is 8.99. The monoisotopic (exact) mass is 399 g/mol. The predicted octanol–water partition coefficient (Wildman–Crippen LogP) is 3.58. The molecule has 2 aliphatic rings. The molecule has 1 heterocycles. The van der Waals surface area contributed by atoms with Gasteiger partial charge >= 0.3 is 0 Å². The Labute approximate surface area is 175 Å². The van der Waals surface area contributed by atoms with Crippen molar-refractivity contribution in [3.63, 3.8) is 0 Å². The largest absolute Gasteiger partial charge is 0.353 e. The molecule has 1 aromatic carbocycles. The maximum atomic E-state index is 12.9. The van der Waals surface area contributed by atoms with Crippen molar-refractivity contribution in [1.29, 1.82) is 0 Å². The first-order valence-corrected chi connectivity index (χ1v) is 11.4. The molecule has 1 aliphatic carbocycles. The molecule has 5 nitrogen and oxygen atoms in total. The number of piperidine rings is 1. The molecule has 2 amide bonds. The van der Waals surface area contributed by atoms with Gasteiger partial charge in [0.1, 0.15) is 0 Å². The minimum atomic E-state index is 0.176. The molecule has 5 heteroatoms. The van der Waals surface area contributed by atoms with Crippen LogP contribution >= 0.6 is 0 Å². The number of hydrogen-bond donors (Lipinski definition) is 1. The molecule has 0 spiro atoms. The first-order chi connectivity index (χ1) is 14.0. The molecule has 29 heavy (non-hydrogen) atoms. The Morgan fingerprint density at radius 2 is 1.69 bits per heavy atom. The first kappa shape index (κ1) is 21.8. The van der Waals surface area contributed by atoms with E-state index in [4.69, 9.17) is 0 Å². The summed E-state index contributed by atoms with van der Waals surface area (Å²) in [6.45, 7) is 7.03. The summed E-state index contributed by atoms with van der Waals surface area (Å²) in [5, 5.41) is 3.28. The fourth-order valence-corrected chi connectivity index (χ4v) is 4.54. The van der Waals surface area contributed by atoms with Gasteiger partial charge in [-0.15, -0.1) is 0 Å². The van der Waals surface area contributed by atoms with Gasteiger partial charge in [0, 0.05) is 37.6 Å². The normalized spacial score (nSPS) is 19.3. The number of nitrogens with one attached hydrogen (secondary N) is 1. The van der Waals surface area contributed by atoms with E-state index in [1.165, 1.54) is 24.8 Å². The molecule has 1 saturated carbocycles. The van der Waals surface area contributed by atoms with Crippen molar-refractivity contribution in [2.24, 2.45) is 5.92 Å². The summed E-state index contributed by atoms with van der Waals surface area (Å²) in [6, 6.07) is 10.6. The van der Waals surface area contributed by atoms with Crippen molar-refractivity contribution >= 4 is 11.8 Å². The van der Waals surface area contributed by atoms with Crippen LogP contribution in [0.2, 0.25) is 0 Å². The van der Waals surface area contributed by atoms with Gasteiger partial charge in [-0.3, -0.25) is 14.5 Å². The highest BCUT2D eigenvalue weighted by Crippen LogP contribution is 2.24. The number of likely N-dealkylation sites (tertiary alicyclic amines) is 1. The minimum absolute atomic E-state index is 0.176. The lowest BCUT2D eigenvalue weighted by Gasteiger charge is -2.35. The van der Waals surface area contributed by atoms with Gasteiger partial charge in [-0.2, -0.15) is 0 Å². The average molecular weight is 400 g/mol. The van der Waals surface area contributed by atoms with Crippen LogP contribution in [0.5, 0.6) is 0 Å². The van der Waals surface area contributed by atoms with Crippen LogP contribution in [0.3, 0.4) is 0 Å². The van der Waals surface area contributed by atoms with Crippen molar-refractivity contribution in [3.05, 3.63) is 35.9 Å². The zero-order valence-electron chi connectivity index (χ0n) is 18.1. The third kappa shape index (κ3) is 6.56. The molecule has 0 aromatic heterocycles. The van der Waals surface area contributed by atoms with E-state index in [0.29, 0.717) is 13.1 Å². The summed E-state index contributed by atoms with van der Waals surface area (Å²) in [5.41, 5.74) is 1.17. The van der Waals surface area contributed by atoms with E-state index < -0.39 is 0 Å². The fourth-order valence-electron chi connectivity index (χ4n) is 4.54. The number of hydrogen-bond acceptors (Lipinski definition) is 3. The Bertz CT molecular complexity index is 647. The van der Waals surface area contributed by atoms with Gasteiger partial charge in [-0.05, 0) is 45.1 Å². The summed E-state index contributed by atoms with van der Waals surface area (Å²) in [4.78, 5) is 29.6. The van der Waals surface area contributed by atoms with Crippen LogP contribution in [0.4, 0.5) is 0 Å². The molecule has 1 N–H and O–H groups in total. The Morgan fingerprint density at radius 1 is 1.03 bits per heavy atom. The Balaban J connectivity index is 1.44. The number of benzene rings is 1. The van der Waals surface area contributed by atoms with Crippen molar-refractivity contribution in [1.82, 2.24) is 15.1 Å². The first-order valence-electron chi connectivity index (χ1n) is 11.4. The van der Waals surface area contributed by atoms with Gasteiger partial charge in [-0.1, -0.05) is 49.6 Å². The maximum absolute atomic E-state index is 12.9. The van der Waals surface area contributed by atoms with E-state index >= 15 is 0 Å². The summed E-state index contributed by atoms with van der Waals surface area (Å²) in [5.74, 6) is 0.669. The molecule has 0 radical (unpaired) electrons. The Hall–Kier alpha value is -1.88.